The van der Waals surface area contributed by atoms with Gasteiger partial charge >= 0.3 is 0 Å². The fraction of sp³-hybridized carbons (Fsp3) is 0.222. The van der Waals surface area contributed by atoms with E-state index < -0.39 is 6.43 Å². The summed E-state index contributed by atoms with van der Waals surface area (Å²) in [6, 6.07) is 2.87. The van der Waals surface area contributed by atoms with Crippen molar-refractivity contribution in [1.82, 2.24) is 19.7 Å². The zero-order valence-electron chi connectivity index (χ0n) is 8.32. The lowest BCUT2D eigenvalue weighted by atomic mass is 10.4. The van der Waals surface area contributed by atoms with Crippen LogP contribution >= 0.6 is 12.2 Å². The minimum atomic E-state index is -2.58. The van der Waals surface area contributed by atoms with E-state index in [0.29, 0.717) is 5.82 Å². The van der Waals surface area contributed by atoms with E-state index in [0.717, 1.165) is 5.69 Å². The van der Waals surface area contributed by atoms with Gasteiger partial charge in [-0.3, -0.25) is 5.10 Å². The van der Waals surface area contributed by atoms with Gasteiger partial charge in [-0.1, -0.05) is 12.2 Å². The van der Waals surface area contributed by atoms with Gasteiger partial charge in [-0.2, -0.15) is 0 Å². The first-order valence-corrected chi connectivity index (χ1v) is 4.88. The van der Waals surface area contributed by atoms with Crippen LogP contribution < -0.4 is 0 Å². The zero-order valence-corrected chi connectivity index (χ0v) is 9.13. The lowest BCUT2D eigenvalue weighted by Gasteiger charge is -2.02. The van der Waals surface area contributed by atoms with Crippen molar-refractivity contribution in [1.29, 1.82) is 0 Å². The Morgan fingerprint density at radius 3 is 2.69 bits per heavy atom. The van der Waals surface area contributed by atoms with Crippen LogP contribution in [0.25, 0.3) is 5.82 Å². The van der Waals surface area contributed by atoms with Crippen molar-refractivity contribution in [2.45, 2.75) is 13.3 Å². The van der Waals surface area contributed by atoms with Crippen LogP contribution in [0.2, 0.25) is 0 Å². The van der Waals surface area contributed by atoms with Gasteiger partial charge in [0.25, 0.3) is 6.43 Å². The van der Waals surface area contributed by atoms with E-state index in [1.807, 2.05) is 0 Å². The minimum absolute atomic E-state index is 0.221. The van der Waals surface area contributed by atoms with E-state index in [-0.39, 0.29) is 10.3 Å². The molecule has 2 aromatic rings. The lowest BCUT2D eigenvalue weighted by molar-refractivity contribution is 0.145. The predicted octanol–water partition coefficient (Wildman–Crippen LogP) is 2.57. The number of hydrogen-bond donors (Lipinski definition) is 1. The first-order valence-electron chi connectivity index (χ1n) is 4.47. The number of nitrogens with zero attached hydrogens (tertiary/aromatic N) is 3. The van der Waals surface area contributed by atoms with Gasteiger partial charge in [0.05, 0.1) is 0 Å². The molecule has 0 aliphatic heterocycles. The van der Waals surface area contributed by atoms with Crippen molar-refractivity contribution < 1.29 is 8.78 Å². The standard InChI is InChI=1S/C9H8F2N4S/c1-5-2-7(13-4-12-5)15-8(16)3-6(14-15)9(10)11/h2-4,9,14H,1H3. The number of alkyl halides is 2. The van der Waals surface area contributed by atoms with Crippen LogP contribution in [0, 0.1) is 11.6 Å². The maximum absolute atomic E-state index is 12.4. The van der Waals surface area contributed by atoms with Crippen LogP contribution in [-0.4, -0.2) is 19.7 Å². The van der Waals surface area contributed by atoms with Crippen LogP contribution in [0.5, 0.6) is 0 Å². The first kappa shape index (κ1) is 10.9. The third-order valence-corrected chi connectivity index (χ3v) is 2.29. The third-order valence-electron chi connectivity index (χ3n) is 1.99. The average Bonchev–Trinajstić information content (AvgIpc) is 2.60. The molecule has 0 amide bonds. The van der Waals surface area contributed by atoms with Crippen molar-refractivity contribution in [2.24, 2.45) is 0 Å². The van der Waals surface area contributed by atoms with Crippen LogP contribution in [0.3, 0.4) is 0 Å². The molecule has 0 aliphatic rings. The van der Waals surface area contributed by atoms with Gasteiger partial charge in [0.15, 0.2) is 5.82 Å². The van der Waals surface area contributed by atoms with Crippen LogP contribution in [0.15, 0.2) is 18.5 Å². The first-order chi connectivity index (χ1) is 7.58. The highest BCUT2D eigenvalue weighted by Crippen LogP contribution is 2.18. The van der Waals surface area contributed by atoms with Gasteiger partial charge in [-0.15, -0.1) is 0 Å². The molecular formula is C9H8F2N4S. The van der Waals surface area contributed by atoms with Crippen LogP contribution in [0.4, 0.5) is 8.78 Å². The number of rotatable bonds is 2. The Bertz CT molecular complexity index is 561. The number of hydrogen-bond acceptors (Lipinski definition) is 3. The molecule has 0 aliphatic carbocycles. The number of halogens is 2. The molecule has 1 N–H and O–H groups in total. The molecule has 0 atom stereocenters. The summed E-state index contributed by atoms with van der Waals surface area (Å²) in [6.45, 7) is 1.78. The average molecular weight is 242 g/mol. The van der Waals surface area contributed by atoms with E-state index in [4.69, 9.17) is 12.2 Å². The van der Waals surface area contributed by atoms with E-state index in [9.17, 15) is 8.78 Å². The predicted molar refractivity (Wildman–Crippen MR) is 56.2 cm³/mol. The minimum Gasteiger partial charge on any atom is -0.290 e. The Labute approximate surface area is 95.0 Å². The molecule has 4 nitrogen and oxygen atoms in total. The Hall–Kier alpha value is -1.63. The fourth-order valence-corrected chi connectivity index (χ4v) is 1.52. The molecule has 0 saturated heterocycles. The normalized spacial score (nSPS) is 11.0. The van der Waals surface area contributed by atoms with Gasteiger partial charge in [0.2, 0.25) is 0 Å². The molecule has 2 heterocycles. The van der Waals surface area contributed by atoms with Gasteiger partial charge in [0.1, 0.15) is 16.7 Å². The van der Waals surface area contributed by atoms with Crippen LogP contribution in [-0.2, 0) is 0 Å². The summed E-state index contributed by atoms with van der Waals surface area (Å²) in [5, 5.41) is 2.50. The molecular weight excluding hydrogens is 234 g/mol. The van der Waals surface area contributed by atoms with Crippen LogP contribution in [0.1, 0.15) is 17.8 Å². The number of aromatic nitrogens is 4. The molecule has 2 rings (SSSR count). The Morgan fingerprint density at radius 1 is 1.38 bits per heavy atom. The highest BCUT2D eigenvalue weighted by molar-refractivity contribution is 7.71. The van der Waals surface area contributed by atoms with Gasteiger partial charge in [-0.25, -0.2) is 23.4 Å². The number of aryl methyl sites for hydroxylation is 1. The van der Waals surface area contributed by atoms with Crippen molar-refractivity contribution in [3.05, 3.63) is 34.5 Å². The van der Waals surface area contributed by atoms with E-state index in [1.165, 1.54) is 17.1 Å². The quantitative estimate of drug-likeness (QED) is 0.823. The van der Waals surface area contributed by atoms with Crippen molar-refractivity contribution >= 4 is 12.2 Å². The van der Waals surface area contributed by atoms with Crippen molar-refractivity contribution in [3.8, 4) is 5.82 Å². The zero-order chi connectivity index (χ0) is 11.7. The summed E-state index contributed by atoms with van der Waals surface area (Å²) in [5.74, 6) is 0.449. The van der Waals surface area contributed by atoms with Gasteiger partial charge in [0, 0.05) is 17.8 Å². The summed E-state index contributed by atoms with van der Waals surface area (Å²) in [4.78, 5) is 7.87. The fourth-order valence-electron chi connectivity index (χ4n) is 1.26. The molecule has 0 radical (unpaired) electrons. The Balaban J connectivity index is 2.52. The highest BCUT2D eigenvalue weighted by Gasteiger charge is 2.11. The SMILES string of the molecule is Cc1cc(-n2[nH]c(C(F)F)cc2=S)ncn1. The molecule has 7 heteroatoms. The number of H-pyrrole nitrogens is 1. The molecule has 0 aromatic carbocycles. The summed E-state index contributed by atoms with van der Waals surface area (Å²) in [6.07, 6.45) is -1.22. The second kappa shape index (κ2) is 4.09. The smallest absolute Gasteiger partial charge is 0.279 e. The topological polar surface area (TPSA) is 46.5 Å². The molecule has 84 valence electrons. The summed E-state index contributed by atoms with van der Waals surface area (Å²) in [7, 11) is 0. The highest BCUT2D eigenvalue weighted by atomic mass is 32.1. The molecule has 0 saturated carbocycles. The second-order valence-corrected chi connectivity index (χ2v) is 3.62. The Kier molecular flexibility index (Phi) is 2.78. The monoisotopic (exact) mass is 242 g/mol. The molecule has 0 spiro atoms. The van der Waals surface area contributed by atoms with E-state index in [1.54, 1.807) is 13.0 Å². The maximum atomic E-state index is 12.4. The van der Waals surface area contributed by atoms with Gasteiger partial charge < -0.3 is 0 Å². The third kappa shape index (κ3) is 1.99. The largest absolute Gasteiger partial charge is 0.290 e. The van der Waals surface area contributed by atoms with E-state index >= 15 is 0 Å². The molecule has 0 bridgehead atoms. The summed E-state index contributed by atoms with van der Waals surface area (Å²) in [5.41, 5.74) is 0.515. The number of nitrogens with one attached hydrogen (secondary N) is 1. The molecule has 0 fully saturated rings. The van der Waals surface area contributed by atoms with E-state index in [2.05, 4.69) is 15.1 Å². The second-order valence-electron chi connectivity index (χ2n) is 3.20. The number of aromatic amines is 1. The summed E-state index contributed by atoms with van der Waals surface area (Å²) >= 11 is 4.96. The Morgan fingerprint density at radius 2 is 2.12 bits per heavy atom. The maximum Gasteiger partial charge on any atom is 0.279 e. The molecule has 16 heavy (non-hydrogen) atoms. The van der Waals surface area contributed by atoms with Crippen molar-refractivity contribution in [2.75, 3.05) is 0 Å². The van der Waals surface area contributed by atoms with Crippen molar-refractivity contribution in [3.63, 3.8) is 0 Å². The molecule has 0 unspecified atom stereocenters. The molecule has 2 aromatic heterocycles. The lowest BCUT2D eigenvalue weighted by Crippen LogP contribution is -2.01. The van der Waals surface area contributed by atoms with Gasteiger partial charge in [-0.05, 0) is 6.92 Å². The summed E-state index contributed by atoms with van der Waals surface area (Å²) < 4.78 is 26.4.